The van der Waals surface area contributed by atoms with Crippen LogP contribution in [0.4, 0.5) is 5.82 Å². The molecule has 376 valence electrons. The number of phosphoric ester groups is 3. The van der Waals surface area contributed by atoms with Crippen molar-refractivity contribution in [3.8, 4) is 0 Å². The van der Waals surface area contributed by atoms with Crippen molar-refractivity contribution in [2.24, 2.45) is 5.41 Å². The van der Waals surface area contributed by atoms with Crippen molar-refractivity contribution in [3.63, 3.8) is 0 Å². The van der Waals surface area contributed by atoms with E-state index in [1.54, 1.807) is 0 Å². The summed E-state index contributed by atoms with van der Waals surface area (Å²) in [7, 11) is -17.6. The number of phosphoric acid groups is 3. The molecule has 2 aromatic rings. The molecule has 1 aliphatic rings. The number of thioether (sulfide) groups is 1. The molecule has 1 saturated heterocycles. The van der Waals surface area contributed by atoms with Crippen molar-refractivity contribution in [2.75, 3.05) is 37.8 Å². The zero-order chi connectivity index (χ0) is 49.0. The van der Waals surface area contributed by atoms with Gasteiger partial charge in [-0.2, -0.15) is 0 Å². The first kappa shape index (κ1) is 57.6. The van der Waals surface area contributed by atoms with E-state index in [0.29, 0.717) is 5.75 Å². The van der Waals surface area contributed by atoms with Crippen LogP contribution in [-0.4, -0.2) is 103 Å². The number of nitrogens with one attached hydrogen (secondary N) is 2. The molecule has 2 unspecified atom stereocenters. The van der Waals surface area contributed by atoms with Gasteiger partial charge in [-0.05, 0) is 18.9 Å². The molecule has 66 heavy (non-hydrogen) atoms. The SMILES string of the molecule is CCCCCCCCCCCCCC/C=C/C(=O)SCCNC(=O)CCNC(=O)[C@H](O)C(C)(C)COP(=O)([O-])OP(=O)([O-])OC[C@H]1O[C@@H](n2cnc3c(N)ncnc32)[C@H](O)[C@@H]1OP(=O)([O-])[O-]. The number of hydrogen-bond donors (Lipinski definition) is 5. The highest BCUT2D eigenvalue weighted by molar-refractivity contribution is 8.14. The number of imidazole rings is 1. The van der Waals surface area contributed by atoms with Gasteiger partial charge in [-0.25, -0.2) is 19.3 Å². The minimum atomic E-state index is -5.92. The average Bonchev–Trinajstić information content (AvgIpc) is 3.80. The quantitative estimate of drug-likeness (QED) is 0.0386. The fourth-order valence-corrected chi connectivity index (χ4v) is 9.92. The van der Waals surface area contributed by atoms with E-state index in [9.17, 15) is 57.9 Å². The van der Waals surface area contributed by atoms with Crippen LogP contribution >= 0.6 is 35.2 Å². The van der Waals surface area contributed by atoms with Gasteiger partial charge >= 0.3 is 0 Å². The zero-order valence-electron chi connectivity index (χ0n) is 37.3. The number of aliphatic hydroxyl groups excluding tert-OH is 2. The van der Waals surface area contributed by atoms with Gasteiger partial charge < -0.3 is 69.0 Å². The Morgan fingerprint density at radius 1 is 0.939 bits per heavy atom. The Morgan fingerprint density at radius 3 is 2.20 bits per heavy atom. The van der Waals surface area contributed by atoms with Gasteiger partial charge in [-0.3, -0.25) is 28.1 Å². The summed E-state index contributed by atoms with van der Waals surface area (Å²) in [5.74, 6) is -1.20. The number of unbranched alkanes of at least 4 members (excludes halogenated alkanes) is 12. The molecular formula is C38H62N7O17P3S-4. The summed E-state index contributed by atoms with van der Waals surface area (Å²) in [5.41, 5.74) is 4.09. The third kappa shape index (κ3) is 20.9. The lowest BCUT2D eigenvalue weighted by Crippen LogP contribution is -2.46. The number of anilines is 1. The van der Waals surface area contributed by atoms with Gasteiger partial charge in [0.15, 0.2) is 17.7 Å². The maximum atomic E-state index is 12.6. The number of allylic oxidation sites excluding steroid dienone is 1. The lowest BCUT2D eigenvalue weighted by molar-refractivity contribution is -0.347. The first-order valence-electron chi connectivity index (χ1n) is 21.7. The summed E-state index contributed by atoms with van der Waals surface area (Å²) in [4.78, 5) is 96.7. The van der Waals surface area contributed by atoms with Crippen molar-refractivity contribution in [1.29, 1.82) is 0 Å². The molecule has 6 N–H and O–H groups in total. The van der Waals surface area contributed by atoms with Crippen LogP contribution in [0.2, 0.25) is 0 Å². The summed E-state index contributed by atoms with van der Waals surface area (Å²) in [6, 6.07) is 0. The van der Waals surface area contributed by atoms with Gasteiger partial charge in [0.2, 0.25) is 16.9 Å². The molecule has 0 radical (unpaired) electrons. The Morgan fingerprint density at radius 2 is 1.56 bits per heavy atom. The molecule has 3 heterocycles. The highest BCUT2D eigenvalue weighted by Crippen LogP contribution is 2.56. The maximum Gasteiger partial charge on any atom is 0.274 e. The van der Waals surface area contributed by atoms with E-state index in [2.05, 4.69) is 50.4 Å². The molecule has 2 aromatic heterocycles. The van der Waals surface area contributed by atoms with Crippen molar-refractivity contribution in [1.82, 2.24) is 30.2 Å². The summed E-state index contributed by atoms with van der Waals surface area (Å²) in [5, 5.41) is 26.3. The number of fused-ring (bicyclic) bond motifs is 1. The van der Waals surface area contributed by atoms with Crippen LogP contribution in [0.1, 0.15) is 117 Å². The first-order valence-corrected chi connectivity index (χ1v) is 27.1. The van der Waals surface area contributed by atoms with Crippen molar-refractivity contribution in [2.45, 2.75) is 141 Å². The van der Waals surface area contributed by atoms with Crippen LogP contribution in [0, 0.1) is 5.41 Å². The second kappa shape index (κ2) is 28.1. The third-order valence-corrected chi connectivity index (χ3v) is 14.0. The Kier molecular flexibility index (Phi) is 24.5. The molecule has 0 aromatic carbocycles. The van der Waals surface area contributed by atoms with Crippen LogP contribution in [-0.2, 0) is 50.7 Å². The van der Waals surface area contributed by atoms with Gasteiger partial charge in [0, 0.05) is 30.7 Å². The molecule has 7 atom stereocenters. The van der Waals surface area contributed by atoms with Crippen molar-refractivity contribution >= 4 is 69.1 Å². The summed E-state index contributed by atoms with van der Waals surface area (Å²) >= 11 is 1.06. The van der Waals surface area contributed by atoms with Crippen LogP contribution < -0.4 is 35.9 Å². The molecular weight excluding hydrogens is 951 g/mol. The van der Waals surface area contributed by atoms with E-state index >= 15 is 0 Å². The monoisotopic (exact) mass is 1010 g/mol. The minimum Gasteiger partial charge on any atom is -0.790 e. The number of amides is 2. The number of ether oxygens (including phenoxy) is 1. The highest BCUT2D eigenvalue weighted by Gasteiger charge is 2.47. The number of nitrogen functional groups attached to an aromatic ring is 1. The topological polar surface area (TPSA) is 375 Å². The van der Waals surface area contributed by atoms with E-state index in [1.165, 1.54) is 84.1 Å². The summed E-state index contributed by atoms with van der Waals surface area (Å²) < 4.78 is 60.8. The van der Waals surface area contributed by atoms with E-state index in [0.717, 1.165) is 48.2 Å². The zero-order valence-corrected chi connectivity index (χ0v) is 40.8. The van der Waals surface area contributed by atoms with Gasteiger partial charge in [-0.15, -0.1) is 0 Å². The fraction of sp³-hybridized carbons (Fsp3) is 0.737. The molecule has 28 heteroatoms. The normalized spacial score (nSPS) is 20.3. The Labute approximate surface area is 388 Å². The summed E-state index contributed by atoms with van der Waals surface area (Å²) in [6.45, 7) is 2.35. The van der Waals surface area contributed by atoms with E-state index in [1.807, 2.05) is 6.08 Å². The number of aliphatic hydroxyl groups is 2. The Bertz CT molecular complexity index is 2030. The van der Waals surface area contributed by atoms with E-state index in [-0.39, 0.29) is 41.6 Å². The number of carbonyl (C=O) groups excluding carboxylic acids is 3. The lowest BCUT2D eigenvalue weighted by atomic mass is 9.87. The van der Waals surface area contributed by atoms with Crippen molar-refractivity contribution in [3.05, 3.63) is 24.8 Å². The van der Waals surface area contributed by atoms with Crippen LogP contribution in [0.25, 0.3) is 11.2 Å². The molecule has 0 spiro atoms. The molecule has 24 nitrogen and oxygen atoms in total. The van der Waals surface area contributed by atoms with Crippen LogP contribution in [0.5, 0.6) is 0 Å². The van der Waals surface area contributed by atoms with Gasteiger partial charge in [0.1, 0.15) is 36.3 Å². The van der Waals surface area contributed by atoms with E-state index < -0.39 is 84.6 Å². The maximum absolute atomic E-state index is 12.6. The molecule has 1 aliphatic heterocycles. The average molecular weight is 1010 g/mol. The molecule has 2 amide bonds. The third-order valence-electron chi connectivity index (χ3n) is 10.2. The van der Waals surface area contributed by atoms with Gasteiger partial charge in [-0.1, -0.05) is 109 Å². The lowest BCUT2D eigenvalue weighted by Gasteiger charge is -2.36. The molecule has 3 rings (SSSR count). The predicted octanol–water partition coefficient (Wildman–Crippen LogP) is 1.78. The summed E-state index contributed by atoms with van der Waals surface area (Å²) in [6.07, 6.45) is 11.8. The van der Waals surface area contributed by atoms with Gasteiger partial charge in [0.05, 0.1) is 27.4 Å². The van der Waals surface area contributed by atoms with Gasteiger partial charge in [0.25, 0.3) is 15.6 Å². The van der Waals surface area contributed by atoms with Crippen LogP contribution in [0.3, 0.4) is 0 Å². The Balaban J connectivity index is 1.32. The molecule has 0 aliphatic carbocycles. The number of carbonyl (C=O) groups is 3. The van der Waals surface area contributed by atoms with Crippen LogP contribution in [0.15, 0.2) is 24.8 Å². The van der Waals surface area contributed by atoms with Crippen molar-refractivity contribution < 1.29 is 80.5 Å². The number of nitrogens with zero attached hydrogens (tertiary/aromatic N) is 4. The fourth-order valence-electron chi connectivity index (χ4n) is 6.59. The smallest absolute Gasteiger partial charge is 0.274 e. The highest BCUT2D eigenvalue weighted by atomic mass is 32.2. The molecule has 1 fully saturated rings. The second-order valence-electron chi connectivity index (χ2n) is 16.2. The molecule has 0 saturated carbocycles. The minimum absolute atomic E-state index is 0.0195. The standard InChI is InChI=1S/C38H66N7O17P3S/c1-4-5-6-7-8-9-10-11-12-13-14-15-16-17-18-29(47)66-22-21-40-28(46)19-20-41-36(50)33(49)38(2,3)24-59-65(56,57)62-64(54,55)58-23-27-32(61-63(51,52)53)31(48)37(60-27)45-26-44-30-34(39)42-25-43-35(30)45/h17-18,25-27,31-33,37,48-49H,4-16,19-24H2,1-3H3,(H,40,46)(H,41,50)(H,54,55)(H,56,57)(H2,39,42,43)(H2,51,52,53)/p-4/b18-17+/t27-,31-,32-,33+,37-/m1/s1. The molecule has 0 bridgehead atoms. The number of hydrogen-bond acceptors (Lipinski definition) is 22. The number of nitrogens with two attached hydrogens (primary N) is 1. The number of aromatic nitrogens is 4. The predicted molar refractivity (Wildman–Crippen MR) is 233 cm³/mol. The Hall–Kier alpha value is -2.70. The largest absolute Gasteiger partial charge is 0.790 e. The second-order valence-corrected chi connectivity index (χ2v) is 21.4. The number of rotatable bonds is 33. The van der Waals surface area contributed by atoms with E-state index in [4.69, 9.17) is 10.5 Å². The first-order chi connectivity index (χ1) is 31.1.